The molecule has 2 N–H and O–H groups in total. The van der Waals surface area contributed by atoms with Crippen LogP contribution in [0.3, 0.4) is 0 Å². The molecular weight excluding hydrogens is 598 g/mol. The molecule has 37 heavy (non-hydrogen) atoms. The van der Waals surface area contributed by atoms with E-state index in [1.54, 1.807) is 6.08 Å². The summed E-state index contributed by atoms with van der Waals surface area (Å²) >= 11 is 17.1. The maximum absolute atomic E-state index is 14.5. The molecule has 0 bridgehead atoms. The summed E-state index contributed by atoms with van der Waals surface area (Å²) in [7, 11) is 0. The number of phenols is 1. The van der Waals surface area contributed by atoms with Crippen molar-refractivity contribution in [3.05, 3.63) is 41.2 Å². The molecule has 2 saturated heterocycles. The number of nitrogens with zero attached hydrogens (tertiary/aromatic N) is 2. The van der Waals surface area contributed by atoms with Gasteiger partial charge in [-0.2, -0.15) is 0 Å². The van der Waals surface area contributed by atoms with Crippen LogP contribution in [-0.2, 0) is 24.0 Å². The number of fused-ring (bicyclic) bond motifs is 4. The lowest BCUT2D eigenvalue weighted by Gasteiger charge is -2.50. The summed E-state index contributed by atoms with van der Waals surface area (Å²) in [6.07, 6.45) is 1.13. The largest absolute Gasteiger partial charge is 0.505 e. The second-order valence-corrected chi connectivity index (χ2v) is 11.4. The van der Waals surface area contributed by atoms with Crippen LogP contribution >= 0.6 is 39.1 Å². The quantitative estimate of drug-likeness (QED) is 0.225. The molecule has 9 nitrogen and oxygen atoms in total. The number of benzene rings is 1. The van der Waals surface area contributed by atoms with Crippen molar-refractivity contribution < 1.29 is 38.6 Å². The van der Waals surface area contributed by atoms with Crippen LogP contribution in [0.2, 0.25) is 0 Å². The Hall–Kier alpha value is -2.50. The molecule has 3 fully saturated rings. The zero-order chi connectivity index (χ0) is 27.0. The molecule has 5 rings (SSSR count). The fourth-order valence-electron chi connectivity index (χ4n) is 6.32. The molecule has 2 aliphatic carbocycles. The Labute approximate surface area is 228 Å². The fourth-order valence-corrected chi connectivity index (χ4v) is 7.75. The van der Waals surface area contributed by atoms with Gasteiger partial charge in [-0.1, -0.05) is 33.6 Å². The normalized spacial score (nSPS) is 34.9. The number of phenolic OH excluding ortho intramolecular Hbond substituents is 1. The van der Waals surface area contributed by atoms with Gasteiger partial charge in [-0.3, -0.25) is 33.8 Å². The number of allylic oxidation sites excluding steroid dienone is 2. The number of halogens is 4. The van der Waals surface area contributed by atoms with Crippen molar-refractivity contribution in [1.82, 2.24) is 9.80 Å². The summed E-state index contributed by atoms with van der Waals surface area (Å²) in [6, 6.07) is 3.47. The predicted octanol–water partition coefficient (Wildman–Crippen LogP) is 2.72. The molecule has 0 radical (unpaired) electrons. The maximum atomic E-state index is 14.5. The van der Waals surface area contributed by atoms with Gasteiger partial charge < -0.3 is 10.2 Å². The first-order valence-corrected chi connectivity index (χ1v) is 13.3. The number of imide groups is 2. The molecule has 1 aromatic carbocycles. The number of rotatable bonds is 5. The van der Waals surface area contributed by atoms with Gasteiger partial charge >= 0.3 is 5.97 Å². The monoisotopic (exact) mass is 616 g/mol. The Morgan fingerprint density at radius 3 is 2.43 bits per heavy atom. The van der Waals surface area contributed by atoms with Crippen molar-refractivity contribution in [3.8, 4) is 5.75 Å². The predicted molar refractivity (Wildman–Crippen MR) is 130 cm³/mol. The summed E-state index contributed by atoms with van der Waals surface area (Å²) < 4.78 is 14.5. The number of hydrogen-bond acceptors (Lipinski definition) is 6. The van der Waals surface area contributed by atoms with Crippen molar-refractivity contribution in [2.24, 2.45) is 17.8 Å². The first-order chi connectivity index (χ1) is 17.4. The van der Waals surface area contributed by atoms with Crippen LogP contribution in [0.25, 0.3) is 0 Å². The molecule has 196 valence electrons. The van der Waals surface area contributed by atoms with E-state index in [2.05, 4.69) is 15.9 Å². The van der Waals surface area contributed by atoms with Gasteiger partial charge in [0, 0.05) is 12.5 Å². The molecule has 4 aliphatic rings. The van der Waals surface area contributed by atoms with Crippen molar-refractivity contribution >= 4 is 68.7 Å². The van der Waals surface area contributed by atoms with E-state index in [9.17, 15) is 33.5 Å². The standard InChI is InChI=1S/C24H20BrCl2FN2O7/c25-9-30-21(36)23(26)8-13-11(2-3-12-17(13)20(35)29(19(12)34)6-5-16(32)33)18(24(23,27)22(30)37)10-1-4-15(31)14(28)7-10/h1-2,4,7,12-13,17-18,31H,3,5-6,8-9H2,(H,32,33). The summed E-state index contributed by atoms with van der Waals surface area (Å²) in [5, 5.41) is 18.8. The Morgan fingerprint density at radius 1 is 1.11 bits per heavy atom. The highest BCUT2D eigenvalue weighted by Crippen LogP contribution is 2.65. The van der Waals surface area contributed by atoms with Gasteiger partial charge in [-0.15, -0.1) is 23.2 Å². The van der Waals surface area contributed by atoms with E-state index in [-0.39, 0.29) is 30.4 Å². The lowest BCUT2D eigenvalue weighted by atomic mass is 9.56. The lowest BCUT2D eigenvalue weighted by molar-refractivity contribution is -0.143. The van der Waals surface area contributed by atoms with Gasteiger partial charge in [-0.05, 0) is 36.5 Å². The number of aliphatic carboxylic acids is 1. The van der Waals surface area contributed by atoms with Crippen molar-refractivity contribution in [2.75, 3.05) is 12.0 Å². The molecule has 6 atom stereocenters. The molecule has 1 aromatic rings. The van der Waals surface area contributed by atoms with Gasteiger partial charge in [0.1, 0.15) is 0 Å². The zero-order valence-electron chi connectivity index (χ0n) is 19.0. The van der Waals surface area contributed by atoms with E-state index in [1.165, 1.54) is 6.07 Å². The van der Waals surface area contributed by atoms with E-state index in [4.69, 9.17) is 28.3 Å². The number of carbonyl (C=O) groups is 5. The Balaban J connectivity index is 1.67. The first kappa shape index (κ1) is 26.1. The summed E-state index contributed by atoms with van der Waals surface area (Å²) in [5.74, 6) is -9.15. The van der Waals surface area contributed by atoms with Gasteiger partial charge in [0.2, 0.25) is 11.8 Å². The topological polar surface area (TPSA) is 132 Å². The van der Waals surface area contributed by atoms with Crippen LogP contribution in [0.5, 0.6) is 5.75 Å². The molecule has 2 aliphatic heterocycles. The molecule has 6 unspecified atom stereocenters. The van der Waals surface area contributed by atoms with Crippen LogP contribution < -0.4 is 0 Å². The number of carboxylic acids is 1. The van der Waals surface area contributed by atoms with Crippen LogP contribution in [0.1, 0.15) is 30.7 Å². The number of carbonyl (C=O) groups excluding carboxylic acids is 4. The molecule has 4 amide bonds. The number of amides is 4. The Morgan fingerprint density at radius 2 is 1.81 bits per heavy atom. The van der Waals surface area contributed by atoms with E-state index >= 15 is 0 Å². The van der Waals surface area contributed by atoms with Crippen LogP contribution in [0.15, 0.2) is 29.8 Å². The third-order valence-electron chi connectivity index (χ3n) is 7.96. The summed E-state index contributed by atoms with van der Waals surface area (Å²) in [6.45, 7) is -0.297. The molecule has 13 heteroatoms. The number of alkyl halides is 3. The minimum Gasteiger partial charge on any atom is -0.505 e. The minimum absolute atomic E-state index is 0.105. The Bertz CT molecular complexity index is 1310. The molecule has 0 aromatic heterocycles. The van der Waals surface area contributed by atoms with Gasteiger partial charge in [0.15, 0.2) is 21.3 Å². The van der Waals surface area contributed by atoms with Crippen molar-refractivity contribution in [2.45, 2.75) is 34.9 Å². The van der Waals surface area contributed by atoms with E-state index in [0.29, 0.717) is 5.57 Å². The van der Waals surface area contributed by atoms with Gasteiger partial charge in [-0.25, -0.2) is 4.39 Å². The van der Waals surface area contributed by atoms with Crippen LogP contribution in [0, 0.1) is 23.6 Å². The summed E-state index contributed by atoms with van der Waals surface area (Å²) in [4.78, 5) is 62.3. The molecule has 1 saturated carbocycles. The lowest BCUT2D eigenvalue weighted by Crippen LogP contribution is -2.60. The zero-order valence-corrected chi connectivity index (χ0v) is 22.1. The van der Waals surface area contributed by atoms with Crippen LogP contribution in [-0.4, -0.2) is 71.4 Å². The Kier molecular flexibility index (Phi) is 6.20. The average molecular weight is 618 g/mol. The maximum Gasteiger partial charge on any atom is 0.305 e. The first-order valence-electron chi connectivity index (χ1n) is 11.4. The van der Waals surface area contributed by atoms with Gasteiger partial charge in [0.25, 0.3) is 11.8 Å². The third-order valence-corrected chi connectivity index (χ3v) is 9.88. The highest BCUT2D eigenvalue weighted by Gasteiger charge is 2.76. The molecule has 0 spiro atoms. The summed E-state index contributed by atoms with van der Waals surface area (Å²) in [5.41, 5.74) is 0.443. The molecule has 2 heterocycles. The second kappa shape index (κ2) is 8.78. The van der Waals surface area contributed by atoms with Gasteiger partial charge in [0.05, 0.1) is 23.7 Å². The van der Waals surface area contributed by atoms with E-state index < -0.39 is 81.0 Å². The average Bonchev–Trinajstić information content (AvgIpc) is 3.17. The third kappa shape index (κ3) is 3.43. The SMILES string of the molecule is O=C(O)CCN1C(=O)C2CC=C3C(CC4(Cl)C(=O)N(CBr)C(=O)C4(Cl)C3c3ccc(O)c(F)c3)C2C1=O. The smallest absolute Gasteiger partial charge is 0.305 e. The second-order valence-electron chi connectivity index (χ2n) is 9.67. The van der Waals surface area contributed by atoms with E-state index in [1.807, 2.05) is 0 Å². The number of carboxylic acid groups (broad SMARTS) is 1. The van der Waals surface area contributed by atoms with Crippen LogP contribution in [0.4, 0.5) is 4.39 Å². The highest BCUT2D eigenvalue weighted by molar-refractivity contribution is 9.09. The van der Waals surface area contributed by atoms with Crippen molar-refractivity contribution in [3.63, 3.8) is 0 Å². The number of aromatic hydroxyl groups is 1. The fraction of sp³-hybridized carbons (Fsp3) is 0.458. The molecular formula is C24H20BrCl2FN2O7. The highest BCUT2D eigenvalue weighted by atomic mass is 79.9. The number of hydrogen-bond donors (Lipinski definition) is 2. The van der Waals surface area contributed by atoms with E-state index in [0.717, 1.165) is 21.9 Å². The number of likely N-dealkylation sites (tertiary alicyclic amines) is 2. The van der Waals surface area contributed by atoms with Crippen molar-refractivity contribution in [1.29, 1.82) is 0 Å². The minimum atomic E-state index is -2.08.